The van der Waals surface area contributed by atoms with Crippen molar-refractivity contribution in [3.05, 3.63) is 28.8 Å². The van der Waals surface area contributed by atoms with Crippen molar-refractivity contribution in [1.29, 1.82) is 0 Å². The SMILES string of the molecule is COc1cc(C2(OC(=O)C(F)(F)F)CNC2)ccc1Cl. The van der Waals surface area contributed by atoms with Crippen molar-refractivity contribution < 1.29 is 27.4 Å². The standard InChI is InChI=1S/C12H11ClF3NO3/c1-19-9-4-7(2-3-8(9)13)11(5-17-6-11)20-10(18)12(14,15)16/h2-4,17H,5-6H2,1H3. The topological polar surface area (TPSA) is 47.6 Å². The molecule has 8 heteroatoms. The zero-order valence-electron chi connectivity index (χ0n) is 10.4. The monoisotopic (exact) mass is 309 g/mol. The van der Waals surface area contributed by atoms with Crippen LogP contribution in [0.25, 0.3) is 0 Å². The number of carbonyl (C=O) groups is 1. The molecule has 1 N–H and O–H groups in total. The van der Waals surface area contributed by atoms with Gasteiger partial charge in [0.1, 0.15) is 5.75 Å². The molecule has 1 aromatic carbocycles. The maximum Gasteiger partial charge on any atom is 0.490 e. The van der Waals surface area contributed by atoms with E-state index in [1.54, 1.807) is 0 Å². The molecule has 20 heavy (non-hydrogen) atoms. The normalized spacial score (nSPS) is 17.2. The van der Waals surface area contributed by atoms with E-state index >= 15 is 0 Å². The van der Waals surface area contributed by atoms with E-state index in [4.69, 9.17) is 16.3 Å². The second-order valence-corrected chi connectivity index (χ2v) is 4.74. The number of alkyl halides is 3. The third kappa shape index (κ3) is 2.69. The number of halogens is 4. The molecule has 0 bridgehead atoms. The average Bonchev–Trinajstić information content (AvgIpc) is 2.33. The van der Waals surface area contributed by atoms with E-state index in [2.05, 4.69) is 10.1 Å². The van der Waals surface area contributed by atoms with Crippen LogP contribution < -0.4 is 10.1 Å². The number of benzene rings is 1. The fourth-order valence-electron chi connectivity index (χ4n) is 1.87. The van der Waals surface area contributed by atoms with Crippen LogP contribution in [-0.2, 0) is 15.1 Å². The molecule has 0 unspecified atom stereocenters. The molecule has 110 valence electrons. The van der Waals surface area contributed by atoms with Crippen LogP contribution in [0.2, 0.25) is 5.02 Å². The number of esters is 1. The molecule has 4 nitrogen and oxygen atoms in total. The van der Waals surface area contributed by atoms with Crippen LogP contribution in [0, 0.1) is 0 Å². The fourth-order valence-corrected chi connectivity index (χ4v) is 2.06. The Labute approximate surface area is 117 Å². The highest BCUT2D eigenvalue weighted by Crippen LogP contribution is 2.36. The van der Waals surface area contributed by atoms with Crippen LogP contribution in [0.3, 0.4) is 0 Å². The average molecular weight is 310 g/mol. The summed E-state index contributed by atoms with van der Waals surface area (Å²) in [6, 6.07) is 4.46. The van der Waals surface area contributed by atoms with Gasteiger partial charge in [0.2, 0.25) is 0 Å². The molecule has 0 atom stereocenters. The van der Waals surface area contributed by atoms with Crippen molar-refractivity contribution in [2.75, 3.05) is 20.2 Å². The zero-order valence-corrected chi connectivity index (χ0v) is 11.1. The molecule has 1 heterocycles. The predicted octanol–water partition coefficient (Wildman–Crippen LogP) is 2.25. The van der Waals surface area contributed by atoms with Crippen molar-refractivity contribution >= 4 is 17.6 Å². The molecule has 0 aliphatic carbocycles. The Morgan fingerprint density at radius 1 is 1.40 bits per heavy atom. The van der Waals surface area contributed by atoms with Crippen molar-refractivity contribution in [3.63, 3.8) is 0 Å². The lowest BCUT2D eigenvalue weighted by Crippen LogP contribution is -2.60. The molecule has 1 saturated heterocycles. The molecule has 0 aromatic heterocycles. The summed E-state index contributed by atoms with van der Waals surface area (Å²) in [7, 11) is 1.39. The van der Waals surface area contributed by atoms with E-state index < -0.39 is 17.7 Å². The molecule has 0 saturated carbocycles. The van der Waals surface area contributed by atoms with Crippen LogP contribution in [0.4, 0.5) is 13.2 Å². The Balaban J connectivity index is 2.30. The Morgan fingerprint density at radius 2 is 2.05 bits per heavy atom. The van der Waals surface area contributed by atoms with Crippen LogP contribution in [-0.4, -0.2) is 32.3 Å². The number of rotatable bonds is 3. The van der Waals surface area contributed by atoms with Crippen LogP contribution in [0.5, 0.6) is 5.75 Å². The van der Waals surface area contributed by atoms with Crippen molar-refractivity contribution in [2.45, 2.75) is 11.8 Å². The van der Waals surface area contributed by atoms with Crippen molar-refractivity contribution in [3.8, 4) is 5.75 Å². The largest absolute Gasteiger partial charge is 0.495 e. The first-order valence-corrected chi connectivity index (χ1v) is 6.01. The first-order valence-electron chi connectivity index (χ1n) is 5.63. The molecule has 1 aliphatic heterocycles. The van der Waals surface area contributed by atoms with Gasteiger partial charge in [-0.2, -0.15) is 13.2 Å². The van der Waals surface area contributed by atoms with Crippen molar-refractivity contribution in [2.24, 2.45) is 0 Å². The summed E-state index contributed by atoms with van der Waals surface area (Å²) in [6.45, 7) is 0.194. The van der Waals surface area contributed by atoms with Crippen LogP contribution in [0.15, 0.2) is 18.2 Å². The van der Waals surface area contributed by atoms with Gasteiger partial charge in [-0.05, 0) is 12.1 Å². The molecular weight excluding hydrogens is 299 g/mol. The molecule has 1 aromatic rings. The number of nitrogens with one attached hydrogen (secondary N) is 1. The minimum atomic E-state index is -5.03. The summed E-state index contributed by atoms with van der Waals surface area (Å²) in [5.41, 5.74) is -0.945. The van der Waals surface area contributed by atoms with Crippen LogP contribution >= 0.6 is 11.6 Å². The first kappa shape index (κ1) is 14.9. The highest BCUT2D eigenvalue weighted by Gasteiger charge is 2.50. The Kier molecular flexibility index (Phi) is 3.84. The molecule has 1 aliphatic rings. The molecule has 0 amide bonds. The zero-order chi connectivity index (χ0) is 15.0. The van der Waals surface area contributed by atoms with Gasteiger partial charge >= 0.3 is 12.1 Å². The van der Waals surface area contributed by atoms with Gasteiger partial charge in [-0.3, -0.25) is 0 Å². The Hall–Kier alpha value is -1.47. The van der Waals surface area contributed by atoms with E-state index in [1.807, 2.05) is 0 Å². The van der Waals surface area contributed by atoms with Crippen LogP contribution in [0.1, 0.15) is 5.56 Å². The van der Waals surface area contributed by atoms with Gasteiger partial charge in [0.05, 0.1) is 12.1 Å². The minimum absolute atomic E-state index is 0.0968. The van der Waals surface area contributed by atoms with E-state index in [9.17, 15) is 18.0 Å². The highest BCUT2D eigenvalue weighted by atomic mass is 35.5. The number of methoxy groups -OCH3 is 1. The second-order valence-electron chi connectivity index (χ2n) is 4.33. The summed E-state index contributed by atoms with van der Waals surface area (Å²) in [5.74, 6) is -1.91. The lowest BCUT2D eigenvalue weighted by atomic mass is 9.87. The molecule has 1 fully saturated rings. The van der Waals surface area contributed by atoms with E-state index in [1.165, 1.54) is 25.3 Å². The maximum atomic E-state index is 12.3. The lowest BCUT2D eigenvalue weighted by molar-refractivity contribution is -0.219. The van der Waals surface area contributed by atoms with Crippen molar-refractivity contribution in [1.82, 2.24) is 5.32 Å². The summed E-state index contributed by atoms with van der Waals surface area (Å²) in [6.07, 6.45) is -5.03. The number of hydrogen-bond acceptors (Lipinski definition) is 4. The van der Waals surface area contributed by atoms with Gasteiger partial charge in [0.15, 0.2) is 5.60 Å². The third-order valence-corrected chi connectivity index (χ3v) is 3.33. The summed E-state index contributed by atoms with van der Waals surface area (Å²) in [4.78, 5) is 11.0. The van der Waals surface area contributed by atoms with Gasteiger partial charge in [-0.25, -0.2) is 4.79 Å². The number of hydrogen-bond donors (Lipinski definition) is 1. The Morgan fingerprint density at radius 3 is 2.50 bits per heavy atom. The van der Waals surface area contributed by atoms with Gasteiger partial charge < -0.3 is 14.8 Å². The first-order chi connectivity index (χ1) is 9.28. The van der Waals surface area contributed by atoms with Gasteiger partial charge in [-0.1, -0.05) is 17.7 Å². The smallest absolute Gasteiger partial charge is 0.490 e. The predicted molar refractivity (Wildman–Crippen MR) is 64.7 cm³/mol. The number of carbonyl (C=O) groups excluding carboxylic acids is 1. The highest BCUT2D eigenvalue weighted by molar-refractivity contribution is 6.32. The van der Waals surface area contributed by atoms with Gasteiger partial charge in [-0.15, -0.1) is 0 Å². The second kappa shape index (κ2) is 5.14. The molecular formula is C12H11ClF3NO3. The summed E-state index contributed by atoms with van der Waals surface area (Å²) < 4.78 is 46.6. The van der Waals surface area contributed by atoms with Gasteiger partial charge in [0, 0.05) is 18.7 Å². The maximum absolute atomic E-state index is 12.3. The van der Waals surface area contributed by atoms with Gasteiger partial charge in [0.25, 0.3) is 0 Å². The summed E-state index contributed by atoms with van der Waals surface area (Å²) >= 11 is 5.86. The number of ether oxygens (including phenoxy) is 2. The molecule has 0 spiro atoms. The van der Waals surface area contributed by atoms with E-state index in [-0.39, 0.29) is 13.1 Å². The minimum Gasteiger partial charge on any atom is -0.495 e. The fraction of sp³-hybridized carbons (Fsp3) is 0.417. The third-order valence-electron chi connectivity index (χ3n) is 3.02. The quantitative estimate of drug-likeness (QED) is 0.870. The van der Waals surface area contributed by atoms with E-state index in [0.717, 1.165) is 0 Å². The molecule has 0 radical (unpaired) electrons. The lowest BCUT2D eigenvalue weighted by Gasteiger charge is -2.42. The van der Waals surface area contributed by atoms with E-state index in [0.29, 0.717) is 16.3 Å². The molecule has 2 rings (SSSR count). The Bertz CT molecular complexity index is 529. The summed E-state index contributed by atoms with van der Waals surface area (Å²) in [5, 5.41) is 3.11.